The maximum Gasteiger partial charge on any atom is 0.241 e. The van der Waals surface area contributed by atoms with E-state index in [2.05, 4.69) is 47.1 Å². The number of carbonyl (C=O) groups is 1. The fourth-order valence-corrected chi connectivity index (χ4v) is 5.76. The van der Waals surface area contributed by atoms with Crippen molar-refractivity contribution in [3.05, 3.63) is 76.4 Å². The van der Waals surface area contributed by atoms with Crippen LogP contribution >= 0.6 is 0 Å². The van der Waals surface area contributed by atoms with Gasteiger partial charge in [-0.15, -0.1) is 0 Å². The van der Waals surface area contributed by atoms with Crippen molar-refractivity contribution in [1.82, 2.24) is 25.0 Å². The Labute approximate surface area is 222 Å². The molecule has 0 spiro atoms. The highest BCUT2D eigenvalue weighted by atomic mass is 19.1. The topological polar surface area (TPSA) is 66.3 Å². The molecule has 0 radical (unpaired) electrons. The van der Waals surface area contributed by atoms with E-state index in [1.54, 1.807) is 6.20 Å². The number of hydrogen-bond donors (Lipinski definition) is 1. The maximum atomic E-state index is 14.3. The molecule has 202 valence electrons. The van der Waals surface area contributed by atoms with Crippen LogP contribution in [0.2, 0.25) is 0 Å². The zero-order valence-electron chi connectivity index (χ0n) is 22.8. The summed E-state index contributed by atoms with van der Waals surface area (Å²) < 4.78 is 29.6. The second-order valence-corrected chi connectivity index (χ2v) is 11.5. The molecule has 2 aliphatic heterocycles. The summed E-state index contributed by atoms with van der Waals surface area (Å²) in [4.78, 5) is 22.5. The lowest BCUT2D eigenvalue weighted by molar-refractivity contribution is -0.120. The van der Waals surface area contributed by atoms with E-state index in [1.165, 1.54) is 12.1 Å². The first-order chi connectivity index (χ1) is 18.0. The van der Waals surface area contributed by atoms with Crippen LogP contribution in [0.4, 0.5) is 14.5 Å². The van der Waals surface area contributed by atoms with Crippen LogP contribution in [0.3, 0.4) is 0 Å². The molecule has 7 nitrogen and oxygen atoms in total. The van der Waals surface area contributed by atoms with Crippen molar-refractivity contribution >= 4 is 11.6 Å². The molecule has 9 heteroatoms. The van der Waals surface area contributed by atoms with Crippen LogP contribution in [0.15, 0.2) is 36.5 Å². The number of aryl methyl sites for hydroxylation is 2. The van der Waals surface area contributed by atoms with Crippen molar-refractivity contribution in [1.29, 1.82) is 0 Å². The molecule has 1 saturated heterocycles. The van der Waals surface area contributed by atoms with Crippen LogP contribution in [0.25, 0.3) is 0 Å². The third kappa shape index (κ3) is 5.35. The molecule has 1 fully saturated rings. The van der Waals surface area contributed by atoms with E-state index in [0.29, 0.717) is 24.3 Å². The smallest absolute Gasteiger partial charge is 0.241 e. The number of amides is 1. The van der Waals surface area contributed by atoms with Gasteiger partial charge in [0.25, 0.3) is 0 Å². The van der Waals surface area contributed by atoms with Crippen LogP contribution in [0, 0.1) is 18.6 Å². The molecule has 4 heterocycles. The van der Waals surface area contributed by atoms with E-state index >= 15 is 0 Å². The molecule has 1 aromatic carbocycles. The minimum atomic E-state index is -0.606. The quantitative estimate of drug-likeness (QED) is 0.537. The van der Waals surface area contributed by atoms with Crippen molar-refractivity contribution < 1.29 is 13.6 Å². The minimum absolute atomic E-state index is 0.0437. The van der Waals surface area contributed by atoms with Gasteiger partial charge in [0.1, 0.15) is 11.6 Å². The normalized spacial score (nSPS) is 21.1. The average molecular weight is 523 g/mol. The second-order valence-electron chi connectivity index (χ2n) is 11.5. The number of benzene rings is 1. The van der Waals surface area contributed by atoms with Crippen LogP contribution in [0.5, 0.6) is 0 Å². The Morgan fingerprint density at radius 2 is 2.00 bits per heavy atom. The highest BCUT2D eigenvalue weighted by Crippen LogP contribution is 2.40. The Morgan fingerprint density at radius 1 is 1.21 bits per heavy atom. The Morgan fingerprint density at radius 3 is 2.71 bits per heavy atom. The molecular formula is C29H36F2N6O. The lowest BCUT2D eigenvalue weighted by Gasteiger charge is -2.39. The molecule has 2 atom stereocenters. The first kappa shape index (κ1) is 26.4. The summed E-state index contributed by atoms with van der Waals surface area (Å²) in [5.74, 6) is -1.16. The highest BCUT2D eigenvalue weighted by Gasteiger charge is 2.40. The maximum absolute atomic E-state index is 14.3. The summed E-state index contributed by atoms with van der Waals surface area (Å²) in [5.41, 5.74) is 4.74. The second kappa shape index (κ2) is 10.2. The van der Waals surface area contributed by atoms with Crippen LogP contribution in [-0.4, -0.2) is 63.8 Å². The average Bonchev–Trinajstić information content (AvgIpc) is 3.31. The van der Waals surface area contributed by atoms with E-state index in [1.807, 2.05) is 29.6 Å². The number of fused-ring (bicyclic) bond motifs is 1. The number of carbonyl (C=O) groups excluding carboxylic acids is 1. The Balaban J connectivity index is 1.37. The molecule has 0 aliphatic carbocycles. The Hall–Kier alpha value is -3.17. The molecule has 0 bridgehead atoms. The number of aromatic nitrogens is 3. The third-order valence-electron chi connectivity index (χ3n) is 7.81. The summed E-state index contributed by atoms with van der Waals surface area (Å²) in [6.07, 6.45) is 2.84. The Bertz CT molecular complexity index is 1350. The van der Waals surface area contributed by atoms with Gasteiger partial charge in [0, 0.05) is 86.2 Å². The van der Waals surface area contributed by atoms with Gasteiger partial charge in [-0.05, 0) is 37.6 Å². The fourth-order valence-electron chi connectivity index (χ4n) is 5.76. The lowest BCUT2D eigenvalue weighted by Crippen LogP contribution is -2.58. The van der Waals surface area contributed by atoms with E-state index in [4.69, 9.17) is 0 Å². The number of pyridine rings is 1. The number of halogens is 2. The van der Waals surface area contributed by atoms with Gasteiger partial charge in [0.2, 0.25) is 5.91 Å². The van der Waals surface area contributed by atoms with Gasteiger partial charge in [-0.1, -0.05) is 19.9 Å². The molecule has 0 saturated carbocycles. The van der Waals surface area contributed by atoms with Crippen LogP contribution < -0.4 is 10.2 Å². The van der Waals surface area contributed by atoms with E-state index < -0.39 is 11.6 Å². The molecule has 2 aromatic heterocycles. The fraction of sp³-hybridized carbons (Fsp3) is 0.483. The molecule has 1 amide bonds. The summed E-state index contributed by atoms with van der Waals surface area (Å²) in [5, 5.41) is 8.04. The standard InChI is InChI=1S/C29H36F2N6O/c1-18-8-23(35(5)34-18)12-24-13-32-19(2)15-36(24)16-28(38)37-17-29(3,4)25-14-33-22(11-27(25)37)9-20-6-7-21(30)10-26(20)31/h6-8,10-11,14,19,24,32H,9,12-13,15-17H2,1-5H3/t19-,24+/m1/s1. The first-order valence-corrected chi connectivity index (χ1v) is 13.2. The SMILES string of the molecule is Cc1cc(C[C@H]2CN[C@H](C)CN2CC(=O)N2CC(C)(C)c3cnc(Cc4ccc(F)cc4F)cc32)n(C)n1. The molecular weight excluding hydrogens is 486 g/mol. The van der Waals surface area contributed by atoms with Crippen molar-refractivity contribution in [3.8, 4) is 0 Å². The zero-order valence-corrected chi connectivity index (χ0v) is 22.8. The third-order valence-corrected chi connectivity index (χ3v) is 7.81. The Kier molecular flexibility index (Phi) is 7.09. The largest absolute Gasteiger partial charge is 0.311 e. The van der Waals surface area contributed by atoms with E-state index in [0.717, 1.165) is 48.2 Å². The molecule has 38 heavy (non-hydrogen) atoms. The van der Waals surface area contributed by atoms with Gasteiger partial charge in [0.05, 0.1) is 17.9 Å². The zero-order chi connectivity index (χ0) is 27.2. The number of nitrogens with zero attached hydrogens (tertiary/aromatic N) is 5. The molecule has 1 N–H and O–H groups in total. The molecule has 2 aliphatic rings. The predicted octanol–water partition coefficient (Wildman–Crippen LogP) is 3.52. The van der Waals surface area contributed by atoms with Gasteiger partial charge < -0.3 is 10.2 Å². The van der Waals surface area contributed by atoms with Crippen LogP contribution in [-0.2, 0) is 30.1 Å². The predicted molar refractivity (Wildman–Crippen MR) is 143 cm³/mol. The summed E-state index contributed by atoms with van der Waals surface area (Å²) in [6.45, 7) is 10.8. The van der Waals surface area contributed by atoms with Gasteiger partial charge in [-0.25, -0.2) is 8.78 Å². The number of piperazine rings is 1. The number of hydrogen-bond acceptors (Lipinski definition) is 5. The van der Waals surface area contributed by atoms with E-state index in [-0.39, 0.29) is 29.8 Å². The number of nitrogens with one attached hydrogen (secondary N) is 1. The van der Waals surface area contributed by atoms with Gasteiger partial charge in [-0.2, -0.15) is 5.10 Å². The summed E-state index contributed by atoms with van der Waals surface area (Å²) in [7, 11) is 1.96. The van der Waals surface area contributed by atoms with Crippen molar-refractivity contribution in [2.75, 3.05) is 31.1 Å². The van der Waals surface area contributed by atoms with Crippen LogP contribution in [0.1, 0.15) is 49.0 Å². The summed E-state index contributed by atoms with van der Waals surface area (Å²) >= 11 is 0. The van der Waals surface area contributed by atoms with Crippen molar-refractivity contribution in [3.63, 3.8) is 0 Å². The lowest BCUT2D eigenvalue weighted by atomic mass is 9.88. The highest BCUT2D eigenvalue weighted by molar-refractivity contribution is 5.97. The van der Waals surface area contributed by atoms with E-state index in [9.17, 15) is 13.6 Å². The van der Waals surface area contributed by atoms with Crippen molar-refractivity contribution in [2.24, 2.45) is 7.05 Å². The molecule has 0 unspecified atom stereocenters. The first-order valence-electron chi connectivity index (χ1n) is 13.2. The van der Waals surface area contributed by atoms with Gasteiger partial charge in [0.15, 0.2) is 0 Å². The van der Waals surface area contributed by atoms with Gasteiger partial charge in [-0.3, -0.25) is 19.4 Å². The van der Waals surface area contributed by atoms with Gasteiger partial charge >= 0.3 is 0 Å². The monoisotopic (exact) mass is 522 g/mol. The van der Waals surface area contributed by atoms with Crippen molar-refractivity contribution in [2.45, 2.75) is 58.0 Å². The molecule has 3 aromatic rings. The number of anilines is 1. The minimum Gasteiger partial charge on any atom is -0.311 e. The summed E-state index contributed by atoms with van der Waals surface area (Å²) in [6, 6.07) is 8.05. The number of rotatable bonds is 6. The molecule has 5 rings (SSSR count).